The average Bonchev–Trinajstić information content (AvgIpc) is 2.79. The van der Waals surface area contributed by atoms with Gasteiger partial charge in [-0.2, -0.15) is 0 Å². The molecule has 1 aromatic heterocycles. The van der Waals surface area contributed by atoms with Gasteiger partial charge < -0.3 is 14.7 Å². The van der Waals surface area contributed by atoms with Gasteiger partial charge in [0.2, 0.25) is 5.91 Å². The minimum absolute atomic E-state index is 0.0478. The molecule has 0 bridgehead atoms. The summed E-state index contributed by atoms with van der Waals surface area (Å²) in [5.41, 5.74) is 1.50. The number of carbonyl (C=O) groups is 2. The number of anilines is 1. The number of rotatable bonds is 3. The Morgan fingerprint density at radius 1 is 0.862 bits per heavy atom. The molecule has 0 aliphatic carbocycles. The summed E-state index contributed by atoms with van der Waals surface area (Å²) in [6, 6.07) is 9.86. The Bertz CT molecular complexity index is 872. The van der Waals surface area contributed by atoms with Crippen LogP contribution in [0, 0.1) is 0 Å². The second-order valence-electron chi connectivity index (χ2n) is 7.64. The first-order valence-corrected chi connectivity index (χ1v) is 10.4. The van der Waals surface area contributed by atoms with Gasteiger partial charge >= 0.3 is 0 Å². The number of carbonyl (C=O) groups excluding carboxylic acids is 2. The van der Waals surface area contributed by atoms with Gasteiger partial charge in [0, 0.05) is 58.0 Å². The van der Waals surface area contributed by atoms with Crippen molar-refractivity contribution in [2.75, 3.05) is 44.2 Å². The summed E-state index contributed by atoms with van der Waals surface area (Å²) in [7, 11) is 0. The van der Waals surface area contributed by atoms with E-state index in [0.29, 0.717) is 37.6 Å². The van der Waals surface area contributed by atoms with E-state index < -0.39 is 0 Å². The molecule has 2 aliphatic rings. The molecule has 0 spiro atoms. The predicted molar refractivity (Wildman–Crippen MR) is 112 cm³/mol. The molecule has 29 heavy (non-hydrogen) atoms. The van der Waals surface area contributed by atoms with Gasteiger partial charge in [0.05, 0.1) is 0 Å². The summed E-state index contributed by atoms with van der Waals surface area (Å²) in [5.74, 6) is 1.39. The first-order valence-electron chi connectivity index (χ1n) is 10.4. The van der Waals surface area contributed by atoms with Crippen LogP contribution in [0.2, 0.25) is 0 Å². The SMILES string of the molecule is CC(=O)N1CCN(C(=O)c2cnc(-c3ccccc3)nc2N2CCCCC2)CC1. The summed E-state index contributed by atoms with van der Waals surface area (Å²) in [6.07, 6.45) is 5.10. The van der Waals surface area contributed by atoms with Crippen molar-refractivity contribution in [3.05, 3.63) is 42.1 Å². The molecule has 2 aliphatic heterocycles. The molecule has 2 aromatic rings. The minimum atomic E-state index is -0.0478. The fourth-order valence-corrected chi connectivity index (χ4v) is 3.99. The minimum Gasteiger partial charge on any atom is -0.356 e. The Balaban J connectivity index is 1.63. The molecular weight excluding hydrogens is 366 g/mol. The van der Waals surface area contributed by atoms with E-state index in [0.717, 1.165) is 37.3 Å². The zero-order valence-electron chi connectivity index (χ0n) is 16.9. The number of amides is 2. The van der Waals surface area contributed by atoms with Gasteiger partial charge in [-0.25, -0.2) is 9.97 Å². The Hall–Kier alpha value is -2.96. The molecule has 0 N–H and O–H groups in total. The molecule has 0 unspecified atom stereocenters. The normalized spacial score (nSPS) is 17.3. The topological polar surface area (TPSA) is 69.6 Å². The smallest absolute Gasteiger partial charge is 0.259 e. The molecule has 152 valence electrons. The number of benzene rings is 1. The lowest BCUT2D eigenvalue weighted by Crippen LogP contribution is -2.50. The first-order chi connectivity index (χ1) is 14.1. The zero-order valence-corrected chi connectivity index (χ0v) is 16.9. The van der Waals surface area contributed by atoms with Crippen LogP contribution >= 0.6 is 0 Å². The van der Waals surface area contributed by atoms with E-state index in [4.69, 9.17) is 4.98 Å². The summed E-state index contributed by atoms with van der Waals surface area (Å²) < 4.78 is 0. The van der Waals surface area contributed by atoms with E-state index in [9.17, 15) is 9.59 Å². The fourth-order valence-electron chi connectivity index (χ4n) is 3.99. The lowest BCUT2D eigenvalue weighted by molar-refractivity contribution is -0.130. The third-order valence-electron chi connectivity index (χ3n) is 5.70. The van der Waals surface area contributed by atoms with Crippen LogP contribution < -0.4 is 4.90 Å². The van der Waals surface area contributed by atoms with E-state index in [-0.39, 0.29) is 11.8 Å². The van der Waals surface area contributed by atoms with E-state index >= 15 is 0 Å². The molecule has 2 saturated heterocycles. The molecule has 7 nitrogen and oxygen atoms in total. The van der Waals surface area contributed by atoms with Crippen LogP contribution in [0.5, 0.6) is 0 Å². The van der Waals surface area contributed by atoms with Crippen molar-refractivity contribution in [1.29, 1.82) is 0 Å². The van der Waals surface area contributed by atoms with Crippen LogP contribution in [0.4, 0.5) is 5.82 Å². The average molecular weight is 393 g/mol. The van der Waals surface area contributed by atoms with Crippen LogP contribution in [0.1, 0.15) is 36.5 Å². The molecule has 2 fully saturated rings. The number of nitrogens with zero attached hydrogens (tertiary/aromatic N) is 5. The third-order valence-corrected chi connectivity index (χ3v) is 5.70. The number of piperidine rings is 1. The van der Waals surface area contributed by atoms with Gasteiger partial charge in [0.15, 0.2) is 5.82 Å². The highest BCUT2D eigenvalue weighted by atomic mass is 16.2. The van der Waals surface area contributed by atoms with Gasteiger partial charge in [-0.3, -0.25) is 9.59 Å². The maximum Gasteiger partial charge on any atom is 0.259 e. The quantitative estimate of drug-likeness (QED) is 0.801. The van der Waals surface area contributed by atoms with Crippen LogP contribution in [-0.4, -0.2) is 70.9 Å². The van der Waals surface area contributed by atoms with Gasteiger partial charge in [0.1, 0.15) is 11.4 Å². The predicted octanol–water partition coefficient (Wildman–Crippen LogP) is 2.44. The molecule has 0 radical (unpaired) electrons. The Kier molecular flexibility index (Phi) is 5.74. The van der Waals surface area contributed by atoms with Crippen molar-refractivity contribution >= 4 is 17.6 Å². The highest BCUT2D eigenvalue weighted by Gasteiger charge is 2.28. The molecule has 1 aromatic carbocycles. The van der Waals surface area contributed by atoms with E-state index in [1.165, 1.54) is 6.42 Å². The van der Waals surface area contributed by atoms with Crippen LogP contribution in [0.3, 0.4) is 0 Å². The van der Waals surface area contributed by atoms with Crippen molar-refractivity contribution < 1.29 is 9.59 Å². The Labute approximate surface area is 171 Å². The zero-order chi connectivity index (χ0) is 20.2. The van der Waals surface area contributed by atoms with Crippen LogP contribution in [0.25, 0.3) is 11.4 Å². The number of aromatic nitrogens is 2. The highest BCUT2D eigenvalue weighted by molar-refractivity contribution is 5.99. The highest BCUT2D eigenvalue weighted by Crippen LogP contribution is 2.26. The summed E-state index contributed by atoms with van der Waals surface area (Å²) in [6.45, 7) is 5.61. The largest absolute Gasteiger partial charge is 0.356 e. The fraction of sp³-hybridized carbons (Fsp3) is 0.455. The molecule has 2 amide bonds. The van der Waals surface area contributed by atoms with Gasteiger partial charge in [-0.15, -0.1) is 0 Å². The third kappa shape index (κ3) is 4.23. The monoisotopic (exact) mass is 393 g/mol. The van der Waals surface area contributed by atoms with Crippen molar-refractivity contribution in [2.45, 2.75) is 26.2 Å². The molecule has 0 saturated carbocycles. The van der Waals surface area contributed by atoms with Gasteiger partial charge in [-0.05, 0) is 19.3 Å². The van der Waals surface area contributed by atoms with E-state index in [2.05, 4.69) is 9.88 Å². The van der Waals surface area contributed by atoms with Gasteiger partial charge in [-0.1, -0.05) is 30.3 Å². The number of piperazine rings is 1. The summed E-state index contributed by atoms with van der Waals surface area (Å²) >= 11 is 0. The van der Waals surface area contributed by atoms with Crippen molar-refractivity contribution in [3.8, 4) is 11.4 Å². The second-order valence-corrected chi connectivity index (χ2v) is 7.64. The Morgan fingerprint density at radius 2 is 1.52 bits per heavy atom. The van der Waals surface area contributed by atoms with Gasteiger partial charge in [0.25, 0.3) is 5.91 Å². The molecule has 7 heteroatoms. The standard InChI is InChI=1S/C22H27N5O2/c1-17(28)25-12-14-27(15-13-25)22(29)19-16-23-20(18-8-4-2-5-9-18)24-21(19)26-10-6-3-7-11-26/h2,4-5,8-9,16H,3,6-7,10-15H2,1H3. The number of hydrogen-bond acceptors (Lipinski definition) is 5. The lowest BCUT2D eigenvalue weighted by atomic mass is 10.1. The van der Waals surface area contributed by atoms with Crippen LogP contribution in [-0.2, 0) is 4.79 Å². The lowest BCUT2D eigenvalue weighted by Gasteiger charge is -2.35. The molecule has 0 atom stereocenters. The van der Waals surface area contributed by atoms with Crippen LogP contribution in [0.15, 0.2) is 36.5 Å². The number of hydrogen-bond donors (Lipinski definition) is 0. The molecule has 3 heterocycles. The van der Waals surface area contributed by atoms with Crippen molar-refractivity contribution in [2.24, 2.45) is 0 Å². The van der Waals surface area contributed by atoms with Crippen molar-refractivity contribution in [1.82, 2.24) is 19.8 Å². The Morgan fingerprint density at radius 3 is 2.17 bits per heavy atom. The summed E-state index contributed by atoms with van der Waals surface area (Å²) in [5, 5.41) is 0. The van der Waals surface area contributed by atoms with E-state index in [1.807, 2.05) is 35.2 Å². The maximum atomic E-state index is 13.3. The first kappa shape index (κ1) is 19.4. The molecular formula is C22H27N5O2. The second kappa shape index (κ2) is 8.59. The van der Waals surface area contributed by atoms with Crippen molar-refractivity contribution in [3.63, 3.8) is 0 Å². The maximum absolute atomic E-state index is 13.3. The van der Waals surface area contributed by atoms with E-state index in [1.54, 1.807) is 18.0 Å². The summed E-state index contributed by atoms with van der Waals surface area (Å²) in [4.78, 5) is 40.0. The molecule has 4 rings (SSSR count).